The highest BCUT2D eigenvalue weighted by Gasteiger charge is 2.23. The van der Waals surface area contributed by atoms with Crippen LogP contribution in [0.2, 0.25) is 0 Å². The molecule has 9 heteroatoms. The molecule has 1 saturated heterocycles. The SMILES string of the molecule is CC[C@@H](NC(=O)N1CCOCC1)c1cccc(-c2noc(-c3ccc(OC(C)C)c(C#N)c3)n2)c1C. The van der Waals surface area contributed by atoms with Crippen molar-refractivity contribution in [1.82, 2.24) is 20.4 Å². The van der Waals surface area contributed by atoms with Gasteiger partial charge in [-0.3, -0.25) is 0 Å². The molecule has 0 saturated carbocycles. The summed E-state index contributed by atoms with van der Waals surface area (Å²) in [5.74, 6) is 1.28. The van der Waals surface area contributed by atoms with Crippen molar-refractivity contribution in [3.05, 3.63) is 53.1 Å². The Morgan fingerprint density at radius 2 is 2.03 bits per heavy atom. The first-order valence-corrected chi connectivity index (χ1v) is 12.2. The van der Waals surface area contributed by atoms with Crippen LogP contribution in [0, 0.1) is 18.3 Å². The number of ether oxygens (including phenoxy) is 2. The first-order chi connectivity index (χ1) is 17.4. The maximum absolute atomic E-state index is 12.8. The molecule has 1 N–H and O–H groups in total. The molecule has 188 valence electrons. The Morgan fingerprint density at radius 1 is 1.25 bits per heavy atom. The van der Waals surface area contributed by atoms with Crippen molar-refractivity contribution in [2.75, 3.05) is 26.3 Å². The minimum atomic E-state index is -0.154. The lowest BCUT2D eigenvalue weighted by Crippen LogP contribution is -2.47. The molecule has 0 bridgehead atoms. The van der Waals surface area contributed by atoms with Gasteiger partial charge in [-0.05, 0) is 56.5 Å². The van der Waals surface area contributed by atoms with Crippen LogP contribution in [0.3, 0.4) is 0 Å². The van der Waals surface area contributed by atoms with Crippen LogP contribution >= 0.6 is 0 Å². The van der Waals surface area contributed by atoms with Crippen molar-refractivity contribution in [1.29, 1.82) is 5.26 Å². The van der Waals surface area contributed by atoms with E-state index in [0.717, 1.165) is 23.1 Å². The summed E-state index contributed by atoms with van der Waals surface area (Å²) in [6.45, 7) is 10.2. The van der Waals surface area contributed by atoms with Gasteiger partial charge in [0.1, 0.15) is 11.8 Å². The van der Waals surface area contributed by atoms with Crippen LogP contribution in [0.5, 0.6) is 5.75 Å². The van der Waals surface area contributed by atoms with Crippen molar-refractivity contribution in [2.24, 2.45) is 0 Å². The summed E-state index contributed by atoms with van der Waals surface area (Å²) in [5, 5.41) is 16.9. The summed E-state index contributed by atoms with van der Waals surface area (Å²) in [6.07, 6.45) is 0.693. The Hall–Kier alpha value is -3.90. The van der Waals surface area contributed by atoms with E-state index in [2.05, 4.69) is 21.5 Å². The van der Waals surface area contributed by atoms with E-state index in [9.17, 15) is 10.1 Å². The van der Waals surface area contributed by atoms with Gasteiger partial charge in [-0.25, -0.2) is 4.79 Å². The number of hydrogen-bond donors (Lipinski definition) is 1. The Labute approximate surface area is 211 Å². The van der Waals surface area contributed by atoms with Gasteiger partial charge in [0, 0.05) is 24.2 Å². The van der Waals surface area contributed by atoms with E-state index >= 15 is 0 Å². The molecule has 36 heavy (non-hydrogen) atoms. The maximum Gasteiger partial charge on any atom is 0.318 e. The number of rotatable bonds is 7. The van der Waals surface area contributed by atoms with Crippen molar-refractivity contribution in [2.45, 2.75) is 46.3 Å². The largest absolute Gasteiger partial charge is 0.490 e. The fourth-order valence-corrected chi connectivity index (χ4v) is 4.24. The molecule has 0 spiro atoms. The van der Waals surface area contributed by atoms with Gasteiger partial charge in [0.2, 0.25) is 5.82 Å². The minimum absolute atomic E-state index is 0.0428. The second-order valence-electron chi connectivity index (χ2n) is 8.94. The Balaban J connectivity index is 1.58. The zero-order valence-electron chi connectivity index (χ0n) is 21.1. The first-order valence-electron chi connectivity index (χ1n) is 12.2. The predicted molar refractivity (Wildman–Crippen MR) is 134 cm³/mol. The Bertz CT molecular complexity index is 1260. The number of benzene rings is 2. The molecule has 1 fully saturated rings. The van der Waals surface area contributed by atoms with Gasteiger partial charge in [0.15, 0.2) is 0 Å². The number of nitriles is 1. The predicted octanol–water partition coefficient (Wildman–Crippen LogP) is 4.86. The topological polar surface area (TPSA) is 114 Å². The van der Waals surface area contributed by atoms with Gasteiger partial charge in [-0.2, -0.15) is 10.2 Å². The number of nitrogens with zero attached hydrogens (tertiary/aromatic N) is 4. The normalized spacial score (nSPS) is 14.4. The van der Waals surface area contributed by atoms with E-state index in [1.54, 1.807) is 23.1 Å². The van der Waals surface area contributed by atoms with E-state index in [1.165, 1.54) is 0 Å². The van der Waals surface area contributed by atoms with Gasteiger partial charge in [0.25, 0.3) is 5.89 Å². The highest BCUT2D eigenvalue weighted by atomic mass is 16.5. The van der Waals surface area contributed by atoms with Crippen molar-refractivity contribution in [3.8, 4) is 34.7 Å². The minimum Gasteiger partial charge on any atom is -0.490 e. The van der Waals surface area contributed by atoms with Gasteiger partial charge < -0.3 is 24.2 Å². The van der Waals surface area contributed by atoms with Gasteiger partial charge in [0.05, 0.1) is 30.9 Å². The van der Waals surface area contributed by atoms with Crippen LogP contribution in [-0.4, -0.2) is 53.5 Å². The van der Waals surface area contributed by atoms with Crippen molar-refractivity contribution >= 4 is 6.03 Å². The van der Waals surface area contributed by atoms with E-state index in [4.69, 9.17) is 14.0 Å². The lowest BCUT2D eigenvalue weighted by atomic mass is 9.95. The number of morpholine rings is 1. The van der Waals surface area contributed by atoms with Crippen LogP contribution in [0.4, 0.5) is 4.79 Å². The third-order valence-corrected chi connectivity index (χ3v) is 6.13. The van der Waals surface area contributed by atoms with Gasteiger partial charge >= 0.3 is 6.03 Å². The lowest BCUT2D eigenvalue weighted by Gasteiger charge is -2.29. The maximum atomic E-state index is 12.8. The molecule has 1 atom stereocenters. The van der Waals surface area contributed by atoms with Gasteiger partial charge in [-0.1, -0.05) is 30.3 Å². The average Bonchev–Trinajstić information content (AvgIpc) is 3.38. The zero-order valence-corrected chi connectivity index (χ0v) is 21.1. The molecular formula is C27H31N5O4. The Morgan fingerprint density at radius 3 is 2.72 bits per heavy atom. The third kappa shape index (κ3) is 5.50. The van der Waals surface area contributed by atoms with E-state index in [1.807, 2.05) is 45.9 Å². The van der Waals surface area contributed by atoms with Crippen molar-refractivity contribution in [3.63, 3.8) is 0 Å². The molecule has 0 radical (unpaired) electrons. The summed E-state index contributed by atoms with van der Waals surface area (Å²) in [5.41, 5.74) is 3.84. The smallest absolute Gasteiger partial charge is 0.318 e. The molecule has 1 aliphatic rings. The fraction of sp³-hybridized carbons (Fsp3) is 0.407. The van der Waals surface area contributed by atoms with Crippen LogP contribution < -0.4 is 10.1 Å². The summed E-state index contributed by atoms with van der Waals surface area (Å²) in [4.78, 5) is 19.2. The molecule has 2 heterocycles. The van der Waals surface area contributed by atoms with Crippen LogP contribution in [0.15, 0.2) is 40.9 Å². The molecule has 1 aromatic heterocycles. The number of nitrogens with one attached hydrogen (secondary N) is 1. The fourth-order valence-electron chi connectivity index (χ4n) is 4.24. The summed E-state index contributed by atoms with van der Waals surface area (Å²) in [6, 6.07) is 13.0. The molecule has 2 amide bonds. The number of aromatic nitrogens is 2. The highest BCUT2D eigenvalue weighted by Crippen LogP contribution is 2.31. The number of amides is 2. The van der Waals surface area contributed by atoms with E-state index in [0.29, 0.717) is 54.9 Å². The zero-order chi connectivity index (χ0) is 25.7. The van der Waals surface area contributed by atoms with E-state index < -0.39 is 0 Å². The summed E-state index contributed by atoms with van der Waals surface area (Å²) < 4.78 is 16.6. The quantitative estimate of drug-likeness (QED) is 0.504. The Kier molecular flexibility index (Phi) is 7.86. The molecular weight excluding hydrogens is 458 g/mol. The number of carbonyl (C=O) groups excluding carboxylic acids is 1. The summed E-state index contributed by atoms with van der Waals surface area (Å²) in [7, 11) is 0. The van der Waals surface area contributed by atoms with E-state index in [-0.39, 0.29) is 18.2 Å². The summed E-state index contributed by atoms with van der Waals surface area (Å²) >= 11 is 0. The monoisotopic (exact) mass is 489 g/mol. The standard InChI is InChI=1S/C27H31N5O4/c1-5-23(29-27(33)32-11-13-34-14-12-32)21-7-6-8-22(18(21)4)25-30-26(36-31-25)19-9-10-24(35-17(2)3)20(15-19)16-28/h6-10,15,17,23H,5,11-14H2,1-4H3,(H,29,33)/t23-/m1/s1. The second-order valence-corrected chi connectivity index (χ2v) is 8.94. The van der Waals surface area contributed by atoms with Crippen LogP contribution in [0.1, 0.15) is 49.9 Å². The molecule has 2 aromatic carbocycles. The third-order valence-electron chi connectivity index (χ3n) is 6.13. The number of carbonyl (C=O) groups is 1. The molecule has 3 aromatic rings. The molecule has 0 unspecified atom stereocenters. The lowest BCUT2D eigenvalue weighted by molar-refractivity contribution is 0.0524. The molecule has 9 nitrogen and oxygen atoms in total. The molecule has 0 aliphatic carbocycles. The van der Waals surface area contributed by atoms with Crippen molar-refractivity contribution < 1.29 is 18.8 Å². The average molecular weight is 490 g/mol. The highest BCUT2D eigenvalue weighted by molar-refractivity contribution is 5.75. The second kappa shape index (κ2) is 11.2. The number of hydrogen-bond acceptors (Lipinski definition) is 7. The van der Waals surface area contributed by atoms with Crippen LogP contribution in [-0.2, 0) is 4.74 Å². The molecule has 1 aliphatic heterocycles. The van der Waals surface area contributed by atoms with Crippen LogP contribution in [0.25, 0.3) is 22.8 Å². The van der Waals surface area contributed by atoms with Gasteiger partial charge in [-0.15, -0.1) is 0 Å². The first kappa shape index (κ1) is 25.2. The molecule has 4 rings (SSSR count). The number of urea groups is 1.